The maximum absolute atomic E-state index is 13.7. The zero-order chi connectivity index (χ0) is 20.1. The molecule has 0 saturated heterocycles. The van der Waals surface area contributed by atoms with E-state index >= 15 is 0 Å². The van der Waals surface area contributed by atoms with E-state index in [4.69, 9.17) is 4.42 Å². The zero-order valence-corrected chi connectivity index (χ0v) is 15.5. The van der Waals surface area contributed by atoms with Gasteiger partial charge in [-0.25, -0.2) is 9.07 Å². The standard InChI is InChI=1S/C22H16FN3O3/c1-12-20-16(21(28)18-9-13-5-2-3-8-17(13)29-18)11-19(27)24-22(20)26(25-12)15-7-4-6-14(23)10-15/h2-10,16H,11H2,1H3,(H,24,27)/t16-/m0/s1. The molecule has 7 heteroatoms. The van der Waals surface area contributed by atoms with Crippen LogP contribution >= 0.6 is 0 Å². The molecule has 144 valence electrons. The smallest absolute Gasteiger partial charge is 0.226 e. The van der Waals surface area contributed by atoms with E-state index in [1.54, 1.807) is 31.2 Å². The maximum atomic E-state index is 13.7. The van der Waals surface area contributed by atoms with Gasteiger partial charge in [0.15, 0.2) is 5.76 Å². The van der Waals surface area contributed by atoms with Crippen LogP contribution in [-0.4, -0.2) is 21.5 Å². The predicted octanol–water partition coefficient (Wildman–Crippen LogP) is 4.37. The molecule has 0 saturated carbocycles. The number of fused-ring (bicyclic) bond motifs is 2. The van der Waals surface area contributed by atoms with Crippen molar-refractivity contribution in [3.63, 3.8) is 0 Å². The Morgan fingerprint density at radius 3 is 2.83 bits per heavy atom. The highest BCUT2D eigenvalue weighted by molar-refractivity contribution is 6.08. The normalized spacial score (nSPS) is 15.9. The first-order chi connectivity index (χ1) is 14.0. The first-order valence-corrected chi connectivity index (χ1v) is 9.19. The molecule has 1 N–H and O–H groups in total. The highest BCUT2D eigenvalue weighted by Crippen LogP contribution is 2.39. The third-order valence-electron chi connectivity index (χ3n) is 5.14. The molecule has 1 aliphatic rings. The van der Waals surface area contributed by atoms with E-state index in [9.17, 15) is 14.0 Å². The summed E-state index contributed by atoms with van der Waals surface area (Å²) in [6.07, 6.45) is -0.00143. The molecule has 0 aliphatic carbocycles. The lowest BCUT2D eigenvalue weighted by Gasteiger charge is -2.22. The molecule has 0 radical (unpaired) electrons. The van der Waals surface area contributed by atoms with Gasteiger partial charge in [0.1, 0.15) is 17.2 Å². The van der Waals surface area contributed by atoms with E-state index in [1.807, 2.05) is 18.2 Å². The lowest BCUT2D eigenvalue weighted by atomic mass is 9.87. The van der Waals surface area contributed by atoms with Crippen LogP contribution in [0.1, 0.15) is 34.2 Å². The van der Waals surface area contributed by atoms with Crippen molar-refractivity contribution >= 4 is 28.5 Å². The Labute approximate surface area is 164 Å². The SMILES string of the molecule is Cc1nn(-c2cccc(F)c2)c2c1[C@@H](C(=O)c1cc3ccccc3o1)CC(=O)N2. The van der Waals surface area contributed by atoms with E-state index in [2.05, 4.69) is 10.4 Å². The van der Waals surface area contributed by atoms with Crippen molar-refractivity contribution in [1.29, 1.82) is 0 Å². The molecule has 0 bridgehead atoms. The van der Waals surface area contributed by atoms with Crippen LogP contribution in [-0.2, 0) is 4.79 Å². The number of anilines is 1. The summed E-state index contributed by atoms with van der Waals surface area (Å²) in [7, 11) is 0. The molecule has 1 aliphatic heterocycles. The zero-order valence-electron chi connectivity index (χ0n) is 15.5. The van der Waals surface area contributed by atoms with Gasteiger partial charge >= 0.3 is 0 Å². The lowest BCUT2D eigenvalue weighted by Crippen LogP contribution is -2.28. The fourth-order valence-electron chi connectivity index (χ4n) is 3.84. The van der Waals surface area contributed by atoms with Gasteiger partial charge in [0.05, 0.1) is 17.3 Å². The number of aryl methyl sites for hydroxylation is 1. The van der Waals surface area contributed by atoms with Crippen LogP contribution in [0.25, 0.3) is 16.7 Å². The van der Waals surface area contributed by atoms with Crippen LogP contribution in [0.2, 0.25) is 0 Å². The van der Waals surface area contributed by atoms with Crippen molar-refractivity contribution in [2.24, 2.45) is 0 Å². The number of Topliss-reactive ketones (excluding diaryl/α,β-unsaturated/α-hetero) is 1. The van der Waals surface area contributed by atoms with Gasteiger partial charge in [0, 0.05) is 17.4 Å². The summed E-state index contributed by atoms with van der Waals surface area (Å²) in [6.45, 7) is 1.77. The van der Waals surface area contributed by atoms with Crippen molar-refractivity contribution in [3.8, 4) is 5.69 Å². The minimum absolute atomic E-state index is 0.00143. The largest absolute Gasteiger partial charge is 0.453 e. The second-order valence-electron chi connectivity index (χ2n) is 7.06. The lowest BCUT2D eigenvalue weighted by molar-refractivity contribution is -0.116. The Kier molecular flexibility index (Phi) is 3.84. The van der Waals surface area contributed by atoms with Crippen molar-refractivity contribution in [2.45, 2.75) is 19.3 Å². The number of aromatic nitrogens is 2. The van der Waals surface area contributed by atoms with Gasteiger partial charge in [-0.2, -0.15) is 5.10 Å². The molecule has 29 heavy (non-hydrogen) atoms. The van der Waals surface area contributed by atoms with E-state index in [1.165, 1.54) is 16.8 Å². The van der Waals surface area contributed by atoms with Gasteiger partial charge in [0.2, 0.25) is 11.7 Å². The van der Waals surface area contributed by atoms with Gasteiger partial charge in [-0.15, -0.1) is 0 Å². The van der Waals surface area contributed by atoms with Crippen LogP contribution in [0.5, 0.6) is 0 Å². The summed E-state index contributed by atoms with van der Waals surface area (Å²) < 4.78 is 20.9. The van der Waals surface area contributed by atoms with Crippen molar-refractivity contribution in [3.05, 3.63) is 77.4 Å². The second-order valence-corrected chi connectivity index (χ2v) is 7.06. The van der Waals surface area contributed by atoms with Crippen molar-refractivity contribution < 1.29 is 18.4 Å². The third-order valence-corrected chi connectivity index (χ3v) is 5.14. The minimum Gasteiger partial charge on any atom is -0.453 e. The molecule has 5 rings (SSSR count). The second kappa shape index (κ2) is 6.41. The van der Waals surface area contributed by atoms with Gasteiger partial charge in [-0.3, -0.25) is 9.59 Å². The van der Waals surface area contributed by atoms with Crippen LogP contribution in [0, 0.1) is 12.7 Å². The first kappa shape index (κ1) is 17.4. The van der Waals surface area contributed by atoms with Crippen LogP contribution in [0.3, 0.4) is 0 Å². The van der Waals surface area contributed by atoms with Gasteiger partial charge < -0.3 is 9.73 Å². The van der Waals surface area contributed by atoms with Gasteiger partial charge in [0.25, 0.3) is 0 Å². The van der Waals surface area contributed by atoms with E-state index in [0.717, 1.165) is 5.39 Å². The van der Waals surface area contributed by atoms with Crippen LogP contribution in [0.4, 0.5) is 10.2 Å². The molecular weight excluding hydrogens is 373 g/mol. The van der Waals surface area contributed by atoms with E-state index in [-0.39, 0.29) is 23.9 Å². The summed E-state index contributed by atoms with van der Waals surface area (Å²) in [5.74, 6) is -1.12. The minimum atomic E-state index is -0.721. The molecule has 0 unspecified atom stereocenters. The number of nitrogens with zero attached hydrogens (tertiary/aromatic N) is 2. The number of halogens is 1. The molecule has 1 atom stereocenters. The van der Waals surface area contributed by atoms with E-state index < -0.39 is 11.7 Å². The maximum Gasteiger partial charge on any atom is 0.226 e. The average molecular weight is 389 g/mol. The Morgan fingerprint density at radius 2 is 2.03 bits per heavy atom. The number of ketones is 1. The van der Waals surface area contributed by atoms with Gasteiger partial charge in [-0.1, -0.05) is 24.3 Å². The molecule has 2 aromatic heterocycles. The Bertz CT molecular complexity index is 1250. The summed E-state index contributed by atoms with van der Waals surface area (Å²) >= 11 is 0. The molecule has 6 nitrogen and oxygen atoms in total. The molecule has 4 aromatic rings. The molecule has 0 spiro atoms. The monoisotopic (exact) mass is 389 g/mol. The molecule has 3 heterocycles. The topological polar surface area (TPSA) is 77.1 Å². The fraction of sp³-hybridized carbons (Fsp3) is 0.136. The molecule has 0 fully saturated rings. The number of nitrogens with one attached hydrogen (secondary N) is 1. The van der Waals surface area contributed by atoms with Crippen LogP contribution < -0.4 is 5.32 Å². The summed E-state index contributed by atoms with van der Waals surface area (Å²) in [6, 6.07) is 15.0. The number of amides is 1. The molecule has 2 aromatic carbocycles. The molecular formula is C22H16FN3O3. The third kappa shape index (κ3) is 2.82. The number of furan rings is 1. The highest BCUT2D eigenvalue weighted by atomic mass is 19.1. The summed E-state index contributed by atoms with van der Waals surface area (Å²) in [5, 5.41) is 8.07. The number of rotatable bonds is 3. The average Bonchev–Trinajstić information content (AvgIpc) is 3.28. The Morgan fingerprint density at radius 1 is 1.21 bits per heavy atom. The highest BCUT2D eigenvalue weighted by Gasteiger charge is 2.37. The Hall–Kier alpha value is -3.74. The van der Waals surface area contributed by atoms with Crippen LogP contribution in [0.15, 0.2) is 59.0 Å². The van der Waals surface area contributed by atoms with E-state index in [0.29, 0.717) is 28.3 Å². The number of hydrogen-bond donors (Lipinski definition) is 1. The van der Waals surface area contributed by atoms with Gasteiger partial charge in [-0.05, 0) is 37.3 Å². The molecule has 1 amide bonds. The number of benzene rings is 2. The van der Waals surface area contributed by atoms with Crippen molar-refractivity contribution in [2.75, 3.05) is 5.32 Å². The first-order valence-electron chi connectivity index (χ1n) is 9.19. The summed E-state index contributed by atoms with van der Waals surface area (Å²) in [4.78, 5) is 25.7. The van der Waals surface area contributed by atoms with Crippen molar-refractivity contribution in [1.82, 2.24) is 9.78 Å². The number of carbonyl (C=O) groups is 2. The number of hydrogen-bond acceptors (Lipinski definition) is 4. The number of carbonyl (C=O) groups excluding carboxylic acids is 2. The summed E-state index contributed by atoms with van der Waals surface area (Å²) in [5.41, 5.74) is 2.30. The Balaban J connectivity index is 1.62. The predicted molar refractivity (Wildman–Crippen MR) is 105 cm³/mol. The quantitative estimate of drug-likeness (QED) is 0.528. The number of para-hydroxylation sites is 1. The fourth-order valence-corrected chi connectivity index (χ4v) is 3.84.